The average Bonchev–Trinajstić information content (AvgIpc) is 3.09. The summed E-state index contributed by atoms with van der Waals surface area (Å²) < 4.78 is 17.0. The zero-order valence-corrected chi connectivity index (χ0v) is 17.1. The number of nitrogens with one attached hydrogen (secondary N) is 1. The number of halogens is 1. The summed E-state index contributed by atoms with van der Waals surface area (Å²) in [5, 5.41) is 14.7. The fourth-order valence-electron chi connectivity index (χ4n) is 4.22. The third-order valence-electron chi connectivity index (χ3n) is 5.14. The number of carbonyl (C=O) groups is 1. The number of rotatable bonds is 3. The van der Waals surface area contributed by atoms with Gasteiger partial charge in [-0.25, -0.2) is 9.18 Å². The maximum Gasteiger partial charge on any atom is 0.342 e. The van der Waals surface area contributed by atoms with Gasteiger partial charge in [0.2, 0.25) is 5.43 Å². The molecule has 2 atom stereocenters. The molecule has 2 unspecified atom stereocenters. The van der Waals surface area contributed by atoms with Gasteiger partial charge in [0, 0.05) is 55.6 Å². The van der Waals surface area contributed by atoms with Crippen LogP contribution in [0.5, 0.6) is 0 Å². The first-order valence-electron chi connectivity index (χ1n) is 9.28. The number of aliphatic imine (C=N–C) groups is 1. The van der Waals surface area contributed by atoms with Gasteiger partial charge in [-0.3, -0.25) is 9.79 Å². The standard InChI is InChI=1S/C20H21FN4O3S/c1-10-8-24(9-11(2)23-10)17-13(7-22-3)16-12(6-14(17)21)18(26)15(20(27)28)19-25(16)4-5-29-19/h4-7,10-11,23H,8-9H2,1-3H3,(H,27,28). The number of carboxylic acid groups (broad SMARTS) is 1. The maximum absolute atomic E-state index is 15.4. The van der Waals surface area contributed by atoms with E-state index in [2.05, 4.69) is 10.3 Å². The number of piperazine rings is 1. The minimum absolute atomic E-state index is 0.0330. The lowest BCUT2D eigenvalue weighted by atomic mass is 10.0. The molecule has 152 valence electrons. The van der Waals surface area contributed by atoms with Crippen LogP contribution in [-0.4, -0.2) is 53.9 Å². The number of carboxylic acids is 1. The van der Waals surface area contributed by atoms with Gasteiger partial charge in [-0.05, 0) is 19.9 Å². The summed E-state index contributed by atoms with van der Waals surface area (Å²) >= 11 is 1.16. The maximum atomic E-state index is 15.4. The zero-order chi connectivity index (χ0) is 20.9. The largest absolute Gasteiger partial charge is 0.477 e. The highest BCUT2D eigenvalue weighted by atomic mass is 32.1. The molecule has 0 radical (unpaired) electrons. The van der Waals surface area contributed by atoms with Crippen LogP contribution in [0, 0.1) is 5.82 Å². The van der Waals surface area contributed by atoms with Crippen LogP contribution in [0.3, 0.4) is 0 Å². The number of pyridine rings is 1. The molecule has 1 saturated heterocycles. The minimum Gasteiger partial charge on any atom is -0.477 e. The lowest BCUT2D eigenvalue weighted by Gasteiger charge is -2.38. The van der Waals surface area contributed by atoms with Crippen molar-refractivity contribution in [2.75, 3.05) is 25.0 Å². The van der Waals surface area contributed by atoms with Gasteiger partial charge in [0.1, 0.15) is 16.2 Å². The van der Waals surface area contributed by atoms with E-state index in [1.165, 1.54) is 0 Å². The first kappa shape index (κ1) is 19.5. The van der Waals surface area contributed by atoms with Crippen molar-refractivity contribution in [3.8, 4) is 0 Å². The van der Waals surface area contributed by atoms with Crippen LogP contribution < -0.4 is 15.6 Å². The number of anilines is 1. The summed E-state index contributed by atoms with van der Waals surface area (Å²) in [4.78, 5) is 31.1. The van der Waals surface area contributed by atoms with E-state index in [1.807, 2.05) is 18.7 Å². The molecule has 0 aliphatic carbocycles. The van der Waals surface area contributed by atoms with E-state index in [0.29, 0.717) is 34.7 Å². The molecule has 2 N–H and O–H groups in total. The third-order valence-corrected chi connectivity index (χ3v) is 6.03. The van der Waals surface area contributed by atoms with Crippen molar-refractivity contribution in [1.82, 2.24) is 9.72 Å². The van der Waals surface area contributed by atoms with Crippen LogP contribution in [0.25, 0.3) is 15.7 Å². The molecule has 0 bridgehead atoms. The van der Waals surface area contributed by atoms with Crippen molar-refractivity contribution in [2.24, 2.45) is 4.99 Å². The summed E-state index contributed by atoms with van der Waals surface area (Å²) in [5.74, 6) is -1.88. The number of hydrogen-bond donors (Lipinski definition) is 2. The van der Waals surface area contributed by atoms with Gasteiger partial charge in [0.25, 0.3) is 0 Å². The quantitative estimate of drug-likeness (QED) is 0.641. The normalized spacial score (nSPS) is 20.2. The molecule has 4 rings (SSSR count). The van der Waals surface area contributed by atoms with Crippen molar-refractivity contribution in [3.05, 3.63) is 44.8 Å². The second-order valence-electron chi connectivity index (χ2n) is 7.37. The minimum atomic E-state index is -1.32. The number of aromatic nitrogens is 1. The molecule has 3 heterocycles. The number of hydrogen-bond acceptors (Lipinski definition) is 6. The molecular formula is C20H21FN4O3S. The Balaban J connectivity index is 2.13. The van der Waals surface area contributed by atoms with Crippen molar-refractivity contribution >= 4 is 44.9 Å². The van der Waals surface area contributed by atoms with Crippen LogP contribution >= 0.6 is 11.3 Å². The van der Waals surface area contributed by atoms with Crippen LogP contribution in [0.2, 0.25) is 0 Å². The Bertz CT molecular complexity index is 1210. The predicted molar refractivity (Wildman–Crippen MR) is 114 cm³/mol. The van der Waals surface area contributed by atoms with E-state index >= 15 is 4.39 Å². The smallest absolute Gasteiger partial charge is 0.342 e. The monoisotopic (exact) mass is 416 g/mol. The molecular weight excluding hydrogens is 395 g/mol. The molecule has 7 nitrogen and oxygen atoms in total. The molecule has 0 amide bonds. The summed E-state index contributed by atoms with van der Waals surface area (Å²) in [6, 6.07) is 1.49. The van der Waals surface area contributed by atoms with Crippen molar-refractivity contribution in [1.29, 1.82) is 0 Å². The highest BCUT2D eigenvalue weighted by Crippen LogP contribution is 2.33. The number of fused-ring (bicyclic) bond motifs is 3. The highest BCUT2D eigenvalue weighted by Gasteiger charge is 2.29. The Kier molecular flexibility index (Phi) is 4.87. The number of benzene rings is 1. The van der Waals surface area contributed by atoms with Crippen LogP contribution in [0.4, 0.5) is 10.1 Å². The molecule has 3 aromatic rings. The van der Waals surface area contributed by atoms with Gasteiger partial charge in [-0.1, -0.05) is 0 Å². The summed E-state index contributed by atoms with van der Waals surface area (Å²) in [6.07, 6.45) is 3.24. The highest BCUT2D eigenvalue weighted by molar-refractivity contribution is 7.16. The fourth-order valence-corrected chi connectivity index (χ4v) is 5.10. The lowest BCUT2D eigenvalue weighted by molar-refractivity contribution is 0.0697. The molecule has 1 aliphatic rings. The Hall–Kier alpha value is -2.78. The molecule has 1 aliphatic heterocycles. The second-order valence-corrected chi connectivity index (χ2v) is 8.26. The molecule has 1 fully saturated rings. The topological polar surface area (TPSA) is 86.4 Å². The van der Waals surface area contributed by atoms with Gasteiger partial charge in [0.05, 0.1) is 16.6 Å². The van der Waals surface area contributed by atoms with Crippen molar-refractivity contribution in [3.63, 3.8) is 0 Å². The zero-order valence-electron chi connectivity index (χ0n) is 16.3. The van der Waals surface area contributed by atoms with Crippen LogP contribution in [0.15, 0.2) is 27.4 Å². The first-order valence-corrected chi connectivity index (χ1v) is 10.2. The molecule has 0 saturated carbocycles. The molecule has 1 aromatic carbocycles. The Labute approximate surface area is 170 Å². The number of aromatic carboxylic acids is 1. The van der Waals surface area contributed by atoms with Crippen molar-refractivity contribution < 1.29 is 14.3 Å². The SMILES string of the molecule is CN=Cc1c(N2CC(C)NC(C)C2)c(F)cc2c(=O)c(C(=O)O)c3sccn3c12. The Morgan fingerprint density at radius 2 is 2.07 bits per heavy atom. The average molecular weight is 416 g/mol. The molecule has 2 aromatic heterocycles. The summed E-state index contributed by atoms with van der Waals surface area (Å²) in [7, 11) is 1.59. The van der Waals surface area contributed by atoms with Gasteiger partial charge in [0.15, 0.2) is 0 Å². The van der Waals surface area contributed by atoms with Crippen LogP contribution in [-0.2, 0) is 0 Å². The van der Waals surface area contributed by atoms with E-state index in [9.17, 15) is 14.7 Å². The van der Waals surface area contributed by atoms with Gasteiger partial charge in [-0.2, -0.15) is 0 Å². The van der Waals surface area contributed by atoms with Crippen molar-refractivity contribution in [2.45, 2.75) is 25.9 Å². The number of thiazole rings is 1. The molecule has 29 heavy (non-hydrogen) atoms. The van der Waals surface area contributed by atoms with Crippen LogP contribution in [0.1, 0.15) is 29.8 Å². The molecule has 0 spiro atoms. The van der Waals surface area contributed by atoms with E-state index in [1.54, 1.807) is 29.2 Å². The molecule has 9 heteroatoms. The Morgan fingerprint density at radius 3 is 2.69 bits per heavy atom. The fraction of sp³-hybridized carbons (Fsp3) is 0.350. The summed E-state index contributed by atoms with van der Waals surface area (Å²) in [6.45, 7) is 5.28. The van der Waals surface area contributed by atoms with E-state index < -0.39 is 17.2 Å². The third kappa shape index (κ3) is 3.10. The van der Waals surface area contributed by atoms with E-state index in [0.717, 1.165) is 17.4 Å². The van der Waals surface area contributed by atoms with Gasteiger partial charge in [-0.15, -0.1) is 11.3 Å². The van der Waals surface area contributed by atoms with Gasteiger partial charge >= 0.3 is 5.97 Å². The second kappa shape index (κ2) is 7.23. The van der Waals surface area contributed by atoms with E-state index in [-0.39, 0.29) is 23.0 Å². The summed E-state index contributed by atoms with van der Waals surface area (Å²) in [5.41, 5.74) is 0.297. The Morgan fingerprint density at radius 1 is 1.38 bits per heavy atom. The predicted octanol–water partition coefficient (Wildman–Crippen LogP) is 2.59. The number of nitrogens with zero attached hydrogens (tertiary/aromatic N) is 3. The van der Waals surface area contributed by atoms with Gasteiger partial charge < -0.3 is 19.7 Å². The lowest BCUT2D eigenvalue weighted by Crippen LogP contribution is -2.54. The first-order chi connectivity index (χ1) is 13.8. The van der Waals surface area contributed by atoms with E-state index in [4.69, 9.17) is 0 Å².